The number of carbonyl (C=O) groups excluding carboxylic acids is 1. The van der Waals surface area contributed by atoms with Crippen LogP contribution in [0.25, 0.3) is 0 Å². The number of anilines is 1. The molecule has 2 atom stereocenters. The molecule has 0 saturated carbocycles. The molecule has 0 radical (unpaired) electrons. The Bertz CT molecular complexity index is 667. The monoisotopic (exact) mass is 295 g/mol. The highest BCUT2D eigenvalue weighted by atomic mass is 32.2. The van der Waals surface area contributed by atoms with Gasteiger partial charge in [0.2, 0.25) is 15.9 Å². The summed E-state index contributed by atoms with van der Waals surface area (Å²) >= 11 is 0. The first kappa shape index (κ1) is 14.7. The molecule has 0 heterocycles. The van der Waals surface area contributed by atoms with Gasteiger partial charge in [0, 0.05) is 11.7 Å². The number of rotatable bonds is 3. The van der Waals surface area contributed by atoms with Gasteiger partial charge >= 0.3 is 0 Å². The molecular weight excluding hydrogens is 278 g/mol. The van der Waals surface area contributed by atoms with Crippen LogP contribution >= 0.6 is 0 Å². The topological polar surface area (TPSA) is 115 Å². The Morgan fingerprint density at radius 3 is 2.60 bits per heavy atom. The number of hydrogen-bond acceptors (Lipinski definition) is 4. The van der Waals surface area contributed by atoms with Crippen LogP contribution in [0.5, 0.6) is 0 Å². The van der Waals surface area contributed by atoms with Crippen LogP contribution in [0.2, 0.25) is 0 Å². The number of nitrogens with one attached hydrogen (secondary N) is 1. The van der Waals surface area contributed by atoms with Crippen molar-refractivity contribution in [3.05, 3.63) is 35.9 Å². The molecule has 20 heavy (non-hydrogen) atoms. The van der Waals surface area contributed by atoms with Gasteiger partial charge in [-0.15, -0.1) is 0 Å². The first-order valence-electron chi connectivity index (χ1n) is 6.16. The van der Waals surface area contributed by atoms with Crippen LogP contribution in [0, 0.1) is 12.8 Å². The lowest BCUT2D eigenvalue weighted by molar-refractivity contribution is -0.118. The zero-order valence-electron chi connectivity index (χ0n) is 11.0. The van der Waals surface area contributed by atoms with E-state index in [4.69, 9.17) is 10.9 Å². The van der Waals surface area contributed by atoms with E-state index in [1.165, 1.54) is 6.07 Å². The van der Waals surface area contributed by atoms with Crippen LogP contribution in [0.1, 0.15) is 12.0 Å². The minimum Gasteiger partial charge on any atom is -0.325 e. The summed E-state index contributed by atoms with van der Waals surface area (Å²) in [7, 11) is -3.80. The molecule has 2 rings (SSSR count). The quantitative estimate of drug-likeness (QED) is 0.703. The maximum atomic E-state index is 12.1. The predicted octanol–water partition coefficient (Wildman–Crippen LogP) is 0.484. The van der Waals surface area contributed by atoms with Crippen LogP contribution in [0.4, 0.5) is 5.69 Å². The minimum atomic E-state index is -3.80. The number of primary sulfonamides is 1. The second-order valence-electron chi connectivity index (χ2n) is 4.85. The van der Waals surface area contributed by atoms with Crippen molar-refractivity contribution in [3.8, 4) is 0 Å². The summed E-state index contributed by atoms with van der Waals surface area (Å²) in [6.45, 7) is 1.60. The second-order valence-corrected chi connectivity index (χ2v) is 6.38. The number of sulfonamides is 1. The minimum absolute atomic E-state index is 0.00830. The second kappa shape index (κ2) is 5.35. The molecule has 1 aliphatic carbocycles. The molecule has 108 valence electrons. The predicted molar refractivity (Wildman–Crippen MR) is 76.4 cm³/mol. The smallest absolute Gasteiger partial charge is 0.238 e. The van der Waals surface area contributed by atoms with Gasteiger partial charge in [0.15, 0.2) is 0 Å². The molecule has 0 fully saturated rings. The van der Waals surface area contributed by atoms with Gasteiger partial charge in [-0.3, -0.25) is 4.79 Å². The van der Waals surface area contributed by atoms with Crippen LogP contribution in [0.15, 0.2) is 35.2 Å². The van der Waals surface area contributed by atoms with Gasteiger partial charge in [-0.1, -0.05) is 18.2 Å². The lowest BCUT2D eigenvalue weighted by Gasteiger charge is -2.14. The largest absolute Gasteiger partial charge is 0.325 e. The first-order chi connectivity index (χ1) is 9.29. The van der Waals surface area contributed by atoms with Gasteiger partial charge in [-0.2, -0.15) is 0 Å². The first-order valence-corrected chi connectivity index (χ1v) is 7.71. The zero-order chi connectivity index (χ0) is 14.9. The Hall–Kier alpha value is -1.70. The van der Waals surface area contributed by atoms with Gasteiger partial charge in [-0.05, 0) is 31.0 Å². The Kier molecular flexibility index (Phi) is 3.94. The van der Waals surface area contributed by atoms with E-state index >= 15 is 0 Å². The standard InChI is InChI=1S/C13H17N3O3S/c1-8-11(3-2-4-12(8)20(15,18)19)16-13(17)9-5-6-10(14)7-9/h2-6,9-10H,7,14H2,1H3,(H,16,17)(H2,15,18,19). The van der Waals surface area contributed by atoms with Crippen molar-refractivity contribution in [1.82, 2.24) is 0 Å². The highest BCUT2D eigenvalue weighted by molar-refractivity contribution is 7.89. The number of hydrogen-bond donors (Lipinski definition) is 3. The third kappa shape index (κ3) is 3.06. The van der Waals surface area contributed by atoms with E-state index in [1.54, 1.807) is 31.2 Å². The molecule has 0 aromatic heterocycles. The molecule has 1 aromatic rings. The van der Waals surface area contributed by atoms with Crippen molar-refractivity contribution in [2.24, 2.45) is 16.8 Å². The lowest BCUT2D eigenvalue weighted by atomic mass is 10.1. The average molecular weight is 295 g/mol. The highest BCUT2D eigenvalue weighted by Crippen LogP contribution is 2.24. The molecule has 2 unspecified atom stereocenters. The molecule has 1 aliphatic rings. The zero-order valence-corrected chi connectivity index (χ0v) is 11.9. The fourth-order valence-corrected chi connectivity index (χ4v) is 3.01. The maximum absolute atomic E-state index is 12.1. The molecule has 0 spiro atoms. The fraction of sp³-hybridized carbons (Fsp3) is 0.308. The lowest BCUT2D eigenvalue weighted by Crippen LogP contribution is -2.24. The molecule has 6 nitrogen and oxygen atoms in total. The highest BCUT2D eigenvalue weighted by Gasteiger charge is 2.23. The molecule has 0 bridgehead atoms. The Balaban J connectivity index is 2.23. The summed E-state index contributed by atoms with van der Waals surface area (Å²) in [5.41, 5.74) is 6.57. The molecular formula is C13H17N3O3S. The van der Waals surface area contributed by atoms with Gasteiger partial charge in [0.05, 0.1) is 10.8 Å². The van der Waals surface area contributed by atoms with Gasteiger partial charge in [0.1, 0.15) is 0 Å². The molecule has 0 aliphatic heterocycles. The summed E-state index contributed by atoms with van der Waals surface area (Å²) < 4.78 is 22.9. The Morgan fingerprint density at radius 2 is 2.05 bits per heavy atom. The van der Waals surface area contributed by atoms with E-state index in [9.17, 15) is 13.2 Å². The summed E-state index contributed by atoms with van der Waals surface area (Å²) in [6.07, 6.45) is 4.11. The summed E-state index contributed by atoms with van der Waals surface area (Å²) in [5, 5.41) is 7.85. The Morgan fingerprint density at radius 1 is 1.35 bits per heavy atom. The van der Waals surface area contributed by atoms with E-state index in [1.807, 2.05) is 0 Å². The molecule has 1 amide bonds. The molecule has 5 N–H and O–H groups in total. The van der Waals surface area contributed by atoms with Crippen molar-refractivity contribution in [1.29, 1.82) is 0 Å². The van der Waals surface area contributed by atoms with E-state index in [0.717, 1.165) is 0 Å². The Labute approximate surface area is 117 Å². The van der Waals surface area contributed by atoms with Crippen LogP contribution in [-0.4, -0.2) is 20.4 Å². The van der Waals surface area contributed by atoms with Crippen molar-refractivity contribution in [2.75, 3.05) is 5.32 Å². The van der Waals surface area contributed by atoms with Gasteiger partial charge in [0.25, 0.3) is 0 Å². The van der Waals surface area contributed by atoms with Crippen molar-refractivity contribution >= 4 is 21.6 Å². The van der Waals surface area contributed by atoms with Crippen molar-refractivity contribution < 1.29 is 13.2 Å². The van der Waals surface area contributed by atoms with Crippen LogP contribution < -0.4 is 16.2 Å². The average Bonchev–Trinajstić information content (AvgIpc) is 2.77. The SMILES string of the molecule is Cc1c(NC(=O)C2C=CC(N)C2)cccc1S(N)(=O)=O. The summed E-state index contributed by atoms with van der Waals surface area (Å²) in [6, 6.07) is 4.48. The number of nitrogens with two attached hydrogens (primary N) is 2. The van der Waals surface area contributed by atoms with Crippen LogP contribution in [-0.2, 0) is 14.8 Å². The van der Waals surface area contributed by atoms with Crippen molar-refractivity contribution in [3.63, 3.8) is 0 Å². The summed E-state index contributed by atoms with van der Waals surface area (Å²) in [4.78, 5) is 12.1. The summed E-state index contributed by atoms with van der Waals surface area (Å²) in [5.74, 6) is -0.494. The maximum Gasteiger partial charge on any atom is 0.238 e. The van der Waals surface area contributed by atoms with Crippen LogP contribution in [0.3, 0.4) is 0 Å². The molecule has 0 saturated heterocycles. The number of amides is 1. The molecule has 7 heteroatoms. The van der Waals surface area contributed by atoms with E-state index < -0.39 is 10.0 Å². The third-order valence-corrected chi connectivity index (χ3v) is 4.36. The normalized spacial score (nSPS) is 21.9. The number of carbonyl (C=O) groups is 1. The van der Waals surface area contributed by atoms with Gasteiger partial charge in [-0.25, -0.2) is 13.6 Å². The van der Waals surface area contributed by atoms with Gasteiger partial charge < -0.3 is 11.1 Å². The van der Waals surface area contributed by atoms with E-state index in [-0.39, 0.29) is 22.8 Å². The number of benzene rings is 1. The fourth-order valence-electron chi connectivity index (χ4n) is 2.21. The third-order valence-electron chi connectivity index (χ3n) is 3.30. The van der Waals surface area contributed by atoms with E-state index in [2.05, 4.69) is 5.32 Å². The van der Waals surface area contributed by atoms with Crippen molar-refractivity contribution in [2.45, 2.75) is 24.3 Å². The van der Waals surface area contributed by atoms with E-state index in [0.29, 0.717) is 17.7 Å². The molecule has 1 aromatic carbocycles.